The van der Waals surface area contributed by atoms with Gasteiger partial charge in [0.1, 0.15) is 13.2 Å². The Hall–Kier alpha value is -1.28. The Balaban J connectivity index is 4.41. The number of amides is 1. The van der Waals surface area contributed by atoms with Crippen LogP contribution < -0.4 is 10.2 Å². The lowest BCUT2D eigenvalue weighted by atomic mass is 10.0. The molecule has 0 aromatic heterocycles. The standard InChI is InChI=1S/C44H85N2O6P/c1-6-8-10-12-14-16-18-20-22-24-25-27-29-31-33-35-37-43(47)42(41-52-53(49,50)51-40-39-46(3,4)5)45-44(48)38-36-34-32-30-28-26-23-21-19-17-15-13-11-9-7-2/h9,11,15,17,21,23,42-43,47H,6-8,10,12-14,16,18-20,22,24-41H2,1-5H3,(H-,45,48,49,50)/b11-9-,17-15-,23-21-. The summed E-state index contributed by atoms with van der Waals surface area (Å²) in [5.41, 5.74) is 0. The molecule has 0 aromatic rings. The van der Waals surface area contributed by atoms with Crippen molar-refractivity contribution in [1.82, 2.24) is 5.32 Å². The number of allylic oxidation sites excluding steroid dienone is 6. The molecule has 0 aliphatic heterocycles. The van der Waals surface area contributed by atoms with Crippen LogP contribution in [0.5, 0.6) is 0 Å². The van der Waals surface area contributed by atoms with Gasteiger partial charge >= 0.3 is 0 Å². The van der Waals surface area contributed by atoms with E-state index >= 15 is 0 Å². The largest absolute Gasteiger partial charge is 0.756 e. The van der Waals surface area contributed by atoms with Crippen molar-refractivity contribution in [2.75, 3.05) is 40.9 Å². The summed E-state index contributed by atoms with van der Waals surface area (Å²) in [4.78, 5) is 25.3. The normalized spacial score (nSPS) is 14.8. The van der Waals surface area contributed by atoms with Crippen molar-refractivity contribution in [3.8, 4) is 0 Å². The predicted octanol–water partition coefficient (Wildman–Crippen LogP) is 11.3. The van der Waals surface area contributed by atoms with Gasteiger partial charge in [0.25, 0.3) is 7.82 Å². The van der Waals surface area contributed by atoms with E-state index in [1.54, 1.807) is 0 Å². The van der Waals surface area contributed by atoms with Crippen molar-refractivity contribution in [1.29, 1.82) is 0 Å². The van der Waals surface area contributed by atoms with Crippen LogP contribution in [0.4, 0.5) is 0 Å². The van der Waals surface area contributed by atoms with Crippen LogP contribution in [0.3, 0.4) is 0 Å². The first-order chi connectivity index (χ1) is 25.5. The second-order valence-corrected chi connectivity index (χ2v) is 17.4. The van der Waals surface area contributed by atoms with Crippen LogP contribution in [0, 0.1) is 0 Å². The lowest BCUT2D eigenvalue weighted by Gasteiger charge is -2.30. The quantitative estimate of drug-likeness (QED) is 0.0279. The minimum absolute atomic E-state index is 0.00782. The van der Waals surface area contributed by atoms with Crippen molar-refractivity contribution in [2.45, 2.75) is 199 Å². The minimum Gasteiger partial charge on any atom is -0.756 e. The third-order valence-electron chi connectivity index (χ3n) is 9.64. The van der Waals surface area contributed by atoms with Gasteiger partial charge in [0, 0.05) is 6.42 Å². The molecule has 0 aliphatic rings. The summed E-state index contributed by atoms with van der Waals surface area (Å²) in [5, 5.41) is 13.9. The number of aliphatic hydroxyl groups excluding tert-OH is 1. The summed E-state index contributed by atoms with van der Waals surface area (Å²) in [6, 6.07) is -0.808. The summed E-state index contributed by atoms with van der Waals surface area (Å²) >= 11 is 0. The molecule has 0 heterocycles. The molecule has 0 saturated heterocycles. The Morgan fingerprint density at radius 3 is 1.68 bits per heavy atom. The van der Waals surface area contributed by atoms with Crippen molar-refractivity contribution in [2.24, 2.45) is 0 Å². The number of nitrogens with zero attached hydrogens (tertiary/aromatic N) is 1. The van der Waals surface area contributed by atoms with Gasteiger partial charge in [-0.1, -0.05) is 172 Å². The third kappa shape index (κ3) is 38.8. The molecule has 53 heavy (non-hydrogen) atoms. The molecule has 3 unspecified atom stereocenters. The van der Waals surface area contributed by atoms with Crippen LogP contribution >= 0.6 is 7.82 Å². The number of rotatable bonds is 39. The lowest BCUT2D eigenvalue weighted by molar-refractivity contribution is -0.870. The van der Waals surface area contributed by atoms with E-state index < -0.39 is 20.0 Å². The molecule has 0 aliphatic carbocycles. The summed E-state index contributed by atoms with van der Waals surface area (Å²) in [6.45, 7) is 4.59. The van der Waals surface area contributed by atoms with Gasteiger partial charge in [-0.05, 0) is 44.9 Å². The third-order valence-corrected chi connectivity index (χ3v) is 10.6. The van der Waals surface area contributed by atoms with Gasteiger partial charge < -0.3 is 28.8 Å². The van der Waals surface area contributed by atoms with E-state index in [0.717, 1.165) is 77.0 Å². The lowest BCUT2D eigenvalue weighted by Crippen LogP contribution is -2.46. The second-order valence-electron chi connectivity index (χ2n) is 16.0. The van der Waals surface area contributed by atoms with Crippen molar-refractivity contribution < 1.29 is 32.9 Å². The smallest absolute Gasteiger partial charge is 0.268 e. The molecule has 0 rings (SSSR count). The second kappa shape index (κ2) is 36.4. The van der Waals surface area contributed by atoms with Crippen molar-refractivity contribution >= 4 is 13.7 Å². The van der Waals surface area contributed by atoms with Gasteiger partial charge in [-0.25, -0.2) is 0 Å². The number of carbonyl (C=O) groups excluding carboxylic acids is 1. The van der Waals surface area contributed by atoms with Crippen molar-refractivity contribution in [3.63, 3.8) is 0 Å². The number of carbonyl (C=O) groups is 1. The summed E-state index contributed by atoms with van der Waals surface area (Å²) in [5.74, 6) is -0.183. The van der Waals surface area contributed by atoms with E-state index in [1.165, 1.54) is 83.5 Å². The number of hydrogen-bond acceptors (Lipinski definition) is 6. The average molecular weight is 769 g/mol. The molecule has 0 bridgehead atoms. The highest BCUT2D eigenvalue weighted by atomic mass is 31.2. The van der Waals surface area contributed by atoms with E-state index in [9.17, 15) is 19.4 Å². The number of phosphoric acid groups is 1. The fourth-order valence-electron chi connectivity index (χ4n) is 6.17. The Morgan fingerprint density at radius 1 is 0.679 bits per heavy atom. The summed E-state index contributed by atoms with van der Waals surface area (Å²) < 4.78 is 23.2. The maximum absolute atomic E-state index is 12.8. The monoisotopic (exact) mass is 769 g/mol. The number of aliphatic hydroxyl groups is 1. The van der Waals surface area contributed by atoms with Crippen LogP contribution in [0.15, 0.2) is 36.5 Å². The first-order valence-corrected chi connectivity index (χ1v) is 23.3. The number of quaternary nitrogens is 1. The highest BCUT2D eigenvalue weighted by Crippen LogP contribution is 2.38. The Bertz CT molecular complexity index is 964. The number of hydrogen-bond donors (Lipinski definition) is 2. The SMILES string of the molecule is CC/C=C\C/C=C\C/C=C\CCCCCCCC(=O)NC(COP(=O)([O-])OCC[N+](C)(C)C)C(O)CCCCCCCCCCCCCCCCCC. The zero-order valence-corrected chi connectivity index (χ0v) is 36.1. The summed E-state index contributed by atoms with van der Waals surface area (Å²) in [6.07, 6.45) is 42.8. The molecule has 1 amide bonds. The molecular formula is C44H85N2O6P. The average Bonchev–Trinajstić information content (AvgIpc) is 3.10. The predicted molar refractivity (Wildman–Crippen MR) is 224 cm³/mol. The minimum atomic E-state index is -4.57. The van der Waals surface area contributed by atoms with E-state index in [0.29, 0.717) is 23.9 Å². The number of nitrogens with one attached hydrogen (secondary N) is 1. The first-order valence-electron chi connectivity index (χ1n) is 21.8. The number of unbranched alkanes of at least 4 members (excludes halogenated alkanes) is 20. The van der Waals surface area contributed by atoms with Gasteiger partial charge in [-0.2, -0.15) is 0 Å². The number of phosphoric ester groups is 1. The van der Waals surface area contributed by atoms with Crippen LogP contribution in [0.25, 0.3) is 0 Å². The van der Waals surface area contributed by atoms with E-state index in [4.69, 9.17) is 9.05 Å². The molecule has 0 radical (unpaired) electrons. The Labute approximate surface area is 327 Å². The molecule has 8 nitrogen and oxygen atoms in total. The maximum atomic E-state index is 12.8. The van der Waals surface area contributed by atoms with Crippen molar-refractivity contribution in [3.05, 3.63) is 36.5 Å². The van der Waals surface area contributed by atoms with Gasteiger partial charge in [-0.15, -0.1) is 0 Å². The van der Waals surface area contributed by atoms with Gasteiger partial charge in [0.15, 0.2) is 0 Å². The molecule has 3 atom stereocenters. The van der Waals surface area contributed by atoms with Crippen LogP contribution in [0.2, 0.25) is 0 Å². The van der Waals surface area contributed by atoms with E-state index in [2.05, 4.69) is 55.6 Å². The Kier molecular flexibility index (Phi) is 35.5. The molecule has 9 heteroatoms. The van der Waals surface area contributed by atoms with E-state index in [-0.39, 0.29) is 19.1 Å². The van der Waals surface area contributed by atoms with Crippen LogP contribution in [-0.2, 0) is 18.4 Å². The molecule has 312 valence electrons. The highest BCUT2D eigenvalue weighted by molar-refractivity contribution is 7.45. The molecule has 0 spiro atoms. The molecule has 0 aromatic carbocycles. The van der Waals surface area contributed by atoms with Crippen LogP contribution in [0.1, 0.15) is 187 Å². The zero-order chi connectivity index (χ0) is 39.3. The highest BCUT2D eigenvalue weighted by Gasteiger charge is 2.24. The van der Waals surface area contributed by atoms with Gasteiger partial charge in [0.05, 0.1) is 39.9 Å². The molecule has 0 fully saturated rings. The zero-order valence-electron chi connectivity index (χ0n) is 35.2. The van der Waals surface area contributed by atoms with Gasteiger partial charge in [0.2, 0.25) is 5.91 Å². The Morgan fingerprint density at radius 2 is 1.15 bits per heavy atom. The molecule has 0 saturated carbocycles. The van der Waals surface area contributed by atoms with E-state index in [1.807, 2.05) is 21.1 Å². The molecule has 2 N–H and O–H groups in total. The van der Waals surface area contributed by atoms with Gasteiger partial charge in [-0.3, -0.25) is 9.36 Å². The fourth-order valence-corrected chi connectivity index (χ4v) is 6.89. The maximum Gasteiger partial charge on any atom is 0.268 e. The summed E-state index contributed by atoms with van der Waals surface area (Å²) in [7, 11) is 1.29. The number of likely N-dealkylation sites (N-methyl/N-ethyl adjacent to an activating group) is 1. The first kappa shape index (κ1) is 51.7. The fraction of sp³-hybridized carbons (Fsp3) is 0.841. The topological polar surface area (TPSA) is 108 Å². The van der Waals surface area contributed by atoms with Crippen LogP contribution in [-0.4, -0.2) is 68.5 Å². The molecular weight excluding hydrogens is 683 g/mol.